The smallest absolute Gasteiger partial charge is 0.123 e. The second-order valence-corrected chi connectivity index (χ2v) is 15.0. The molecule has 0 atom stereocenters. The molecule has 0 amide bonds. The Morgan fingerprint density at radius 3 is 0.921 bits per heavy atom. The molecule has 0 unspecified atom stereocenters. The van der Waals surface area contributed by atoms with Gasteiger partial charge in [-0.1, -0.05) is 61.4 Å². The van der Waals surface area contributed by atoms with Gasteiger partial charge in [-0.3, -0.25) is 0 Å². The van der Waals surface area contributed by atoms with Crippen molar-refractivity contribution in [1.29, 1.82) is 0 Å². The number of methoxy groups -OCH3 is 4. The quantitative estimate of drug-likeness (QED) is 0.0441. The summed E-state index contributed by atoms with van der Waals surface area (Å²) >= 11 is 0. The molecule has 0 saturated carbocycles. The second kappa shape index (κ2) is 29.3. The number of benzene rings is 4. The Labute approximate surface area is 376 Å². The molecular formula is C51H72O12. The molecule has 5 rings (SSSR count). The summed E-state index contributed by atoms with van der Waals surface area (Å²) < 4.78 is 68.7. The SMILES string of the molecule is CC.COCCOCCOc1cc(CC2(Cc3cc(OCCOCCOC)cc(OCCOCCOC)c3)c3cc(C)ccc3-c3ccc(C)cc32)cc(OCCOCCOC)c1. The highest BCUT2D eigenvalue weighted by Crippen LogP contribution is 2.53. The van der Waals surface area contributed by atoms with Crippen molar-refractivity contribution in [2.75, 3.05) is 134 Å². The summed E-state index contributed by atoms with van der Waals surface area (Å²) in [5.74, 6) is 2.82. The molecule has 0 spiro atoms. The third-order valence-corrected chi connectivity index (χ3v) is 10.3. The molecule has 1 aliphatic rings. The number of hydrogen-bond donors (Lipinski definition) is 0. The van der Waals surface area contributed by atoms with E-state index in [1.165, 1.54) is 33.4 Å². The summed E-state index contributed by atoms with van der Waals surface area (Å²) in [7, 11) is 6.64. The van der Waals surface area contributed by atoms with Gasteiger partial charge >= 0.3 is 0 Å². The van der Waals surface area contributed by atoms with Gasteiger partial charge in [0.05, 0.1) is 79.3 Å². The van der Waals surface area contributed by atoms with Crippen molar-refractivity contribution in [1.82, 2.24) is 0 Å². The van der Waals surface area contributed by atoms with Gasteiger partial charge in [0.2, 0.25) is 0 Å². The summed E-state index contributed by atoms with van der Waals surface area (Å²) in [4.78, 5) is 0. The number of fused-ring (bicyclic) bond motifs is 3. The van der Waals surface area contributed by atoms with Gasteiger partial charge in [-0.15, -0.1) is 0 Å². The van der Waals surface area contributed by atoms with Crippen molar-refractivity contribution in [3.63, 3.8) is 0 Å². The van der Waals surface area contributed by atoms with Crippen LogP contribution in [0.5, 0.6) is 23.0 Å². The molecule has 0 bridgehead atoms. The highest BCUT2D eigenvalue weighted by Gasteiger charge is 2.44. The lowest BCUT2D eigenvalue weighted by Gasteiger charge is -2.34. The van der Waals surface area contributed by atoms with Gasteiger partial charge in [-0.25, -0.2) is 0 Å². The van der Waals surface area contributed by atoms with E-state index in [0.29, 0.717) is 142 Å². The summed E-state index contributed by atoms with van der Waals surface area (Å²) in [6.07, 6.45) is 1.31. The molecule has 0 heterocycles. The van der Waals surface area contributed by atoms with E-state index in [1.54, 1.807) is 28.4 Å². The summed E-state index contributed by atoms with van der Waals surface area (Å²) in [5.41, 5.74) is 9.04. The van der Waals surface area contributed by atoms with E-state index in [0.717, 1.165) is 11.1 Å². The van der Waals surface area contributed by atoms with Crippen molar-refractivity contribution in [3.05, 3.63) is 106 Å². The van der Waals surface area contributed by atoms with Gasteiger partial charge < -0.3 is 56.8 Å². The Kier molecular flexibility index (Phi) is 23.9. The number of ether oxygens (including phenoxy) is 12. The summed E-state index contributed by atoms with van der Waals surface area (Å²) in [6, 6.07) is 26.0. The zero-order valence-electron chi connectivity index (χ0n) is 39.1. The van der Waals surface area contributed by atoms with Crippen LogP contribution in [-0.4, -0.2) is 134 Å². The fourth-order valence-corrected chi connectivity index (χ4v) is 7.51. The molecule has 4 aromatic rings. The van der Waals surface area contributed by atoms with Crippen molar-refractivity contribution in [2.45, 2.75) is 46.0 Å². The van der Waals surface area contributed by atoms with Crippen LogP contribution in [0, 0.1) is 13.8 Å². The number of hydrogen-bond acceptors (Lipinski definition) is 12. The molecule has 0 fully saturated rings. The Hall–Kier alpha value is -4.24. The van der Waals surface area contributed by atoms with Crippen LogP contribution < -0.4 is 18.9 Å². The molecule has 0 aliphatic heterocycles. The van der Waals surface area contributed by atoms with Gasteiger partial charge in [-0.2, -0.15) is 0 Å². The molecule has 1 aliphatic carbocycles. The first kappa shape index (κ1) is 51.4. The third-order valence-electron chi connectivity index (χ3n) is 10.3. The predicted molar refractivity (Wildman–Crippen MR) is 247 cm³/mol. The highest BCUT2D eigenvalue weighted by atomic mass is 16.6. The maximum atomic E-state index is 6.33. The topological polar surface area (TPSA) is 111 Å². The van der Waals surface area contributed by atoms with E-state index in [1.807, 2.05) is 26.0 Å². The maximum absolute atomic E-state index is 6.33. The van der Waals surface area contributed by atoms with Crippen LogP contribution in [0.1, 0.15) is 47.2 Å². The Balaban J connectivity index is 0.00000429. The van der Waals surface area contributed by atoms with Crippen LogP contribution in [-0.2, 0) is 56.2 Å². The van der Waals surface area contributed by atoms with Crippen LogP contribution in [0.2, 0.25) is 0 Å². The van der Waals surface area contributed by atoms with Gasteiger partial charge in [0, 0.05) is 46.0 Å². The molecule has 0 radical (unpaired) electrons. The van der Waals surface area contributed by atoms with E-state index in [2.05, 4.69) is 74.5 Å². The molecule has 0 aromatic heterocycles. The van der Waals surface area contributed by atoms with Crippen molar-refractivity contribution in [2.24, 2.45) is 0 Å². The molecule has 4 aromatic carbocycles. The minimum atomic E-state index is -0.493. The summed E-state index contributed by atoms with van der Waals surface area (Å²) in [5, 5.41) is 0. The van der Waals surface area contributed by atoms with Crippen molar-refractivity contribution in [3.8, 4) is 34.1 Å². The van der Waals surface area contributed by atoms with Gasteiger partial charge in [0.25, 0.3) is 0 Å². The van der Waals surface area contributed by atoms with Crippen LogP contribution in [0.15, 0.2) is 72.8 Å². The Bertz CT molecular complexity index is 1680. The maximum Gasteiger partial charge on any atom is 0.123 e. The molecular weight excluding hydrogens is 805 g/mol. The Morgan fingerprint density at radius 2 is 0.635 bits per heavy atom. The average molecular weight is 877 g/mol. The van der Waals surface area contributed by atoms with Crippen LogP contribution in [0.4, 0.5) is 0 Å². The minimum absolute atomic E-state index is 0.381. The molecule has 12 nitrogen and oxygen atoms in total. The van der Waals surface area contributed by atoms with Crippen molar-refractivity contribution >= 4 is 0 Å². The largest absolute Gasteiger partial charge is 0.491 e. The van der Waals surface area contributed by atoms with Crippen LogP contribution >= 0.6 is 0 Å². The van der Waals surface area contributed by atoms with Crippen LogP contribution in [0.25, 0.3) is 11.1 Å². The lowest BCUT2D eigenvalue weighted by molar-refractivity contribution is 0.0532. The number of aryl methyl sites for hydroxylation is 2. The highest BCUT2D eigenvalue weighted by molar-refractivity contribution is 5.82. The zero-order chi connectivity index (χ0) is 45.1. The average Bonchev–Trinajstić information content (AvgIpc) is 3.52. The normalized spacial score (nSPS) is 12.3. The molecule has 348 valence electrons. The fraction of sp³-hybridized carbons (Fsp3) is 0.529. The second-order valence-electron chi connectivity index (χ2n) is 15.0. The van der Waals surface area contributed by atoms with E-state index in [9.17, 15) is 0 Å². The van der Waals surface area contributed by atoms with Crippen LogP contribution in [0.3, 0.4) is 0 Å². The van der Waals surface area contributed by atoms with E-state index in [-0.39, 0.29) is 0 Å². The lowest BCUT2D eigenvalue weighted by Crippen LogP contribution is -2.31. The van der Waals surface area contributed by atoms with E-state index < -0.39 is 5.41 Å². The fourth-order valence-electron chi connectivity index (χ4n) is 7.51. The molecule has 63 heavy (non-hydrogen) atoms. The lowest BCUT2D eigenvalue weighted by atomic mass is 9.69. The predicted octanol–water partition coefficient (Wildman–Crippen LogP) is 8.25. The first-order valence-electron chi connectivity index (χ1n) is 22.2. The number of rotatable bonds is 32. The van der Waals surface area contributed by atoms with Gasteiger partial charge in [0.1, 0.15) is 49.4 Å². The molecule has 12 heteroatoms. The van der Waals surface area contributed by atoms with E-state index >= 15 is 0 Å². The zero-order valence-corrected chi connectivity index (χ0v) is 39.1. The Morgan fingerprint density at radius 1 is 0.349 bits per heavy atom. The van der Waals surface area contributed by atoms with Gasteiger partial charge in [0.15, 0.2) is 0 Å². The molecule has 0 saturated heterocycles. The summed E-state index contributed by atoms with van der Waals surface area (Å²) in [6.45, 7) is 15.7. The minimum Gasteiger partial charge on any atom is -0.491 e. The van der Waals surface area contributed by atoms with E-state index in [4.69, 9.17) is 56.8 Å². The first-order valence-corrected chi connectivity index (χ1v) is 22.2. The molecule has 0 N–H and O–H groups in total. The van der Waals surface area contributed by atoms with Gasteiger partial charge in [-0.05, 0) is 84.3 Å². The van der Waals surface area contributed by atoms with Crippen molar-refractivity contribution < 1.29 is 56.8 Å². The standard InChI is InChI=1S/C49H66O12.C2H6/c1-37-7-9-45-46-10-8-38(2)28-48(46)49(47(45)27-37,35-39-29-41(58-23-19-54-15-11-50-3)33-42(30-39)59-24-20-55-16-12-51-4)36-40-31-43(60-25-21-56-17-13-52-5)34-44(32-40)61-26-22-57-18-14-53-6;1-2/h7-10,27-34H,11-26,35-36H2,1-6H3;1-2H3. The third kappa shape index (κ3) is 16.7. The monoisotopic (exact) mass is 877 g/mol. The first-order chi connectivity index (χ1) is 30.9.